The Hall–Kier alpha value is -3.22. The normalized spacial score (nSPS) is 14.8. The molecular formula is C22H25N5O2. The first-order valence-electron chi connectivity index (χ1n) is 10.1. The summed E-state index contributed by atoms with van der Waals surface area (Å²) in [4.78, 5) is 40.9. The zero-order valence-corrected chi connectivity index (χ0v) is 16.4. The van der Waals surface area contributed by atoms with Crippen molar-refractivity contribution in [2.45, 2.75) is 25.7 Å². The maximum Gasteiger partial charge on any atom is 0.227 e. The largest absolute Gasteiger partial charge is 0.342 e. The van der Waals surface area contributed by atoms with Gasteiger partial charge in [-0.25, -0.2) is 4.98 Å². The molecular weight excluding hydrogens is 366 g/mol. The van der Waals surface area contributed by atoms with Crippen LogP contribution in [-0.2, 0) is 22.4 Å². The average Bonchev–Trinajstić information content (AvgIpc) is 2.99. The van der Waals surface area contributed by atoms with E-state index in [1.807, 2.05) is 46.2 Å². The average molecular weight is 391 g/mol. The lowest BCUT2D eigenvalue weighted by molar-refractivity contribution is -0.133. The summed E-state index contributed by atoms with van der Waals surface area (Å²) in [5, 5.41) is 0. The summed E-state index contributed by atoms with van der Waals surface area (Å²) >= 11 is 0. The van der Waals surface area contributed by atoms with Gasteiger partial charge >= 0.3 is 0 Å². The Balaban J connectivity index is 1.28. The third-order valence-electron chi connectivity index (χ3n) is 5.29. The van der Waals surface area contributed by atoms with Gasteiger partial charge < -0.3 is 14.8 Å². The number of fused-ring (bicyclic) bond motifs is 1. The standard InChI is InChI=1S/C22H25N5O2/c28-21(9-8-20-24-18-6-1-2-7-19(18)25-20)26-11-4-12-27(14-13-26)22(29)15-17-5-3-10-23-16-17/h1-3,5-7,10,16H,4,8-9,11-15H2,(H,24,25). The van der Waals surface area contributed by atoms with E-state index in [9.17, 15) is 9.59 Å². The summed E-state index contributed by atoms with van der Waals surface area (Å²) in [6, 6.07) is 11.6. The molecule has 7 heteroatoms. The van der Waals surface area contributed by atoms with Crippen LogP contribution in [0, 0.1) is 0 Å². The van der Waals surface area contributed by atoms with Gasteiger partial charge in [-0.1, -0.05) is 18.2 Å². The van der Waals surface area contributed by atoms with Gasteiger partial charge in [-0.3, -0.25) is 14.6 Å². The molecule has 0 unspecified atom stereocenters. The van der Waals surface area contributed by atoms with Gasteiger partial charge in [0.15, 0.2) is 0 Å². The second-order valence-corrected chi connectivity index (χ2v) is 7.35. The van der Waals surface area contributed by atoms with Gasteiger partial charge in [0.05, 0.1) is 17.5 Å². The minimum atomic E-state index is 0.0922. The molecule has 7 nitrogen and oxygen atoms in total. The summed E-state index contributed by atoms with van der Waals surface area (Å²) in [7, 11) is 0. The van der Waals surface area contributed by atoms with E-state index in [1.54, 1.807) is 12.4 Å². The number of H-pyrrole nitrogens is 1. The number of imidazole rings is 1. The lowest BCUT2D eigenvalue weighted by atomic mass is 10.2. The number of pyridine rings is 1. The van der Waals surface area contributed by atoms with Gasteiger partial charge in [0.1, 0.15) is 5.82 Å². The molecule has 0 bridgehead atoms. The van der Waals surface area contributed by atoms with Gasteiger partial charge in [0.25, 0.3) is 0 Å². The van der Waals surface area contributed by atoms with Crippen molar-refractivity contribution in [3.05, 3.63) is 60.2 Å². The number of benzene rings is 1. The molecule has 1 N–H and O–H groups in total. The van der Waals surface area contributed by atoms with Crippen LogP contribution in [0.15, 0.2) is 48.8 Å². The molecule has 0 radical (unpaired) electrons. The zero-order chi connectivity index (χ0) is 20.1. The maximum absolute atomic E-state index is 12.7. The molecule has 1 aliphatic rings. The van der Waals surface area contributed by atoms with Crippen LogP contribution < -0.4 is 0 Å². The summed E-state index contributed by atoms with van der Waals surface area (Å²) in [6.07, 6.45) is 5.60. The van der Waals surface area contributed by atoms with Crippen LogP contribution in [0.25, 0.3) is 11.0 Å². The van der Waals surface area contributed by atoms with E-state index in [0.29, 0.717) is 45.4 Å². The highest BCUT2D eigenvalue weighted by Crippen LogP contribution is 2.13. The summed E-state index contributed by atoms with van der Waals surface area (Å²) < 4.78 is 0. The first kappa shape index (κ1) is 19.1. The first-order chi connectivity index (χ1) is 14.2. The minimum absolute atomic E-state index is 0.0922. The van der Waals surface area contributed by atoms with E-state index in [0.717, 1.165) is 28.8 Å². The lowest BCUT2D eigenvalue weighted by Gasteiger charge is -2.22. The fraction of sp³-hybridized carbons (Fsp3) is 0.364. The number of aromatic nitrogens is 3. The molecule has 1 aliphatic heterocycles. The number of aromatic amines is 1. The van der Waals surface area contributed by atoms with Crippen molar-refractivity contribution < 1.29 is 9.59 Å². The number of amides is 2. The molecule has 3 heterocycles. The summed E-state index contributed by atoms with van der Waals surface area (Å²) in [5.74, 6) is 1.05. The highest BCUT2D eigenvalue weighted by atomic mass is 16.2. The Morgan fingerprint density at radius 1 is 0.966 bits per heavy atom. The molecule has 1 aromatic carbocycles. The number of rotatable bonds is 5. The molecule has 2 amide bonds. The molecule has 0 spiro atoms. The molecule has 1 saturated heterocycles. The molecule has 29 heavy (non-hydrogen) atoms. The monoisotopic (exact) mass is 391 g/mol. The molecule has 2 aromatic heterocycles. The highest BCUT2D eigenvalue weighted by Gasteiger charge is 2.22. The quantitative estimate of drug-likeness (QED) is 0.723. The van der Waals surface area contributed by atoms with Crippen molar-refractivity contribution in [1.82, 2.24) is 24.8 Å². The molecule has 1 fully saturated rings. The SMILES string of the molecule is O=C(CCc1nc2ccccc2[nH]1)N1CCCN(C(=O)Cc2cccnc2)CC1. The molecule has 4 rings (SSSR count). The maximum atomic E-state index is 12.7. The number of para-hydroxylation sites is 2. The van der Waals surface area contributed by atoms with Crippen molar-refractivity contribution in [2.75, 3.05) is 26.2 Å². The number of aryl methyl sites for hydroxylation is 1. The van der Waals surface area contributed by atoms with Gasteiger partial charge in [-0.05, 0) is 30.2 Å². The molecule has 0 atom stereocenters. The predicted molar refractivity (Wildman–Crippen MR) is 110 cm³/mol. The van der Waals surface area contributed by atoms with E-state index < -0.39 is 0 Å². The summed E-state index contributed by atoms with van der Waals surface area (Å²) in [5.41, 5.74) is 2.83. The fourth-order valence-electron chi connectivity index (χ4n) is 3.71. The van der Waals surface area contributed by atoms with Crippen LogP contribution in [0.4, 0.5) is 0 Å². The smallest absolute Gasteiger partial charge is 0.227 e. The Morgan fingerprint density at radius 2 is 1.76 bits per heavy atom. The van der Waals surface area contributed by atoms with Gasteiger partial charge in [-0.2, -0.15) is 0 Å². The number of nitrogens with one attached hydrogen (secondary N) is 1. The Bertz CT molecular complexity index is 952. The van der Waals surface area contributed by atoms with Crippen LogP contribution in [0.3, 0.4) is 0 Å². The number of carbonyl (C=O) groups excluding carboxylic acids is 2. The fourth-order valence-corrected chi connectivity index (χ4v) is 3.71. The topological polar surface area (TPSA) is 82.2 Å². The first-order valence-corrected chi connectivity index (χ1v) is 10.1. The Morgan fingerprint density at radius 3 is 2.52 bits per heavy atom. The van der Waals surface area contributed by atoms with Crippen molar-refractivity contribution in [3.63, 3.8) is 0 Å². The third kappa shape index (κ3) is 4.80. The lowest BCUT2D eigenvalue weighted by Crippen LogP contribution is -2.38. The number of hydrogen-bond acceptors (Lipinski definition) is 4. The van der Waals surface area contributed by atoms with Crippen LogP contribution in [0.1, 0.15) is 24.2 Å². The van der Waals surface area contributed by atoms with Gasteiger partial charge in [-0.15, -0.1) is 0 Å². The van der Waals surface area contributed by atoms with Crippen molar-refractivity contribution in [2.24, 2.45) is 0 Å². The van der Waals surface area contributed by atoms with Crippen LogP contribution in [0.5, 0.6) is 0 Å². The van der Waals surface area contributed by atoms with E-state index in [2.05, 4.69) is 15.0 Å². The van der Waals surface area contributed by atoms with Gasteiger partial charge in [0, 0.05) is 51.4 Å². The number of nitrogens with zero attached hydrogens (tertiary/aromatic N) is 4. The second-order valence-electron chi connectivity index (χ2n) is 7.35. The zero-order valence-electron chi connectivity index (χ0n) is 16.4. The Kier molecular flexibility index (Phi) is 5.84. The second kappa shape index (κ2) is 8.86. The van der Waals surface area contributed by atoms with Crippen LogP contribution in [-0.4, -0.2) is 62.7 Å². The predicted octanol–water partition coefficient (Wildman–Crippen LogP) is 2.19. The number of carbonyl (C=O) groups is 2. The van der Waals surface area contributed by atoms with Crippen LogP contribution >= 0.6 is 0 Å². The minimum Gasteiger partial charge on any atom is -0.342 e. The molecule has 150 valence electrons. The van der Waals surface area contributed by atoms with E-state index in [4.69, 9.17) is 0 Å². The highest BCUT2D eigenvalue weighted by molar-refractivity contribution is 5.79. The van der Waals surface area contributed by atoms with E-state index in [1.165, 1.54) is 0 Å². The van der Waals surface area contributed by atoms with Crippen LogP contribution in [0.2, 0.25) is 0 Å². The molecule has 0 saturated carbocycles. The molecule has 0 aliphatic carbocycles. The van der Waals surface area contributed by atoms with E-state index >= 15 is 0 Å². The van der Waals surface area contributed by atoms with Crippen molar-refractivity contribution >= 4 is 22.8 Å². The molecule has 3 aromatic rings. The summed E-state index contributed by atoms with van der Waals surface area (Å²) in [6.45, 7) is 2.54. The third-order valence-corrected chi connectivity index (χ3v) is 5.29. The van der Waals surface area contributed by atoms with Gasteiger partial charge in [0.2, 0.25) is 11.8 Å². The Labute approximate surface area is 169 Å². The number of hydrogen-bond donors (Lipinski definition) is 1. The van der Waals surface area contributed by atoms with Crippen molar-refractivity contribution in [3.8, 4) is 0 Å². The van der Waals surface area contributed by atoms with Crippen molar-refractivity contribution in [1.29, 1.82) is 0 Å². The van der Waals surface area contributed by atoms with E-state index in [-0.39, 0.29) is 11.8 Å².